The van der Waals surface area contributed by atoms with Crippen LogP contribution >= 0.6 is 0 Å². The van der Waals surface area contributed by atoms with Crippen molar-refractivity contribution in [2.24, 2.45) is 5.92 Å². The van der Waals surface area contributed by atoms with Crippen molar-refractivity contribution in [2.75, 3.05) is 30.4 Å². The molecule has 0 radical (unpaired) electrons. The Kier molecular flexibility index (Phi) is 3.92. The SMILES string of the molecule is CO[C@@H]1CCN(c2ccc(NC(=O)C3CCC3)cc2)C1. The molecule has 1 aromatic rings. The van der Waals surface area contributed by atoms with Gasteiger partial charge in [0, 0.05) is 37.5 Å². The van der Waals surface area contributed by atoms with Crippen LogP contribution in [0.5, 0.6) is 0 Å². The molecule has 1 heterocycles. The topological polar surface area (TPSA) is 41.6 Å². The predicted molar refractivity (Wildman–Crippen MR) is 80.0 cm³/mol. The van der Waals surface area contributed by atoms with E-state index in [9.17, 15) is 4.79 Å². The zero-order chi connectivity index (χ0) is 13.9. The van der Waals surface area contributed by atoms with Crippen LogP contribution in [0.1, 0.15) is 25.7 Å². The van der Waals surface area contributed by atoms with E-state index in [4.69, 9.17) is 4.74 Å². The molecule has 1 atom stereocenters. The number of hydrogen-bond acceptors (Lipinski definition) is 3. The lowest BCUT2D eigenvalue weighted by molar-refractivity contribution is -0.122. The molecule has 0 unspecified atom stereocenters. The number of ether oxygens (including phenoxy) is 1. The van der Waals surface area contributed by atoms with Crippen molar-refractivity contribution < 1.29 is 9.53 Å². The highest BCUT2D eigenvalue weighted by atomic mass is 16.5. The molecular weight excluding hydrogens is 252 g/mol. The van der Waals surface area contributed by atoms with Gasteiger partial charge in [-0.15, -0.1) is 0 Å². The number of nitrogens with zero attached hydrogens (tertiary/aromatic N) is 1. The number of nitrogens with one attached hydrogen (secondary N) is 1. The van der Waals surface area contributed by atoms with Crippen molar-refractivity contribution in [2.45, 2.75) is 31.8 Å². The number of benzene rings is 1. The van der Waals surface area contributed by atoms with E-state index in [1.807, 2.05) is 12.1 Å². The fourth-order valence-electron chi connectivity index (χ4n) is 2.83. The molecule has 108 valence electrons. The first-order valence-corrected chi connectivity index (χ1v) is 7.45. The van der Waals surface area contributed by atoms with Gasteiger partial charge < -0.3 is 15.0 Å². The van der Waals surface area contributed by atoms with Gasteiger partial charge >= 0.3 is 0 Å². The van der Waals surface area contributed by atoms with Crippen molar-refractivity contribution in [3.05, 3.63) is 24.3 Å². The first kappa shape index (κ1) is 13.4. The molecule has 1 saturated carbocycles. The summed E-state index contributed by atoms with van der Waals surface area (Å²) >= 11 is 0. The second kappa shape index (κ2) is 5.83. The van der Waals surface area contributed by atoms with Gasteiger partial charge in [-0.25, -0.2) is 0 Å². The van der Waals surface area contributed by atoms with Gasteiger partial charge in [0.1, 0.15) is 0 Å². The monoisotopic (exact) mass is 274 g/mol. The molecule has 1 aromatic carbocycles. The third-order valence-electron chi connectivity index (χ3n) is 4.45. The molecule has 1 saturated heterocycles. The minimum Gasteiger partial charge on any atom is -0.380 e. The normalized spacial score (nSPS) is 22.6. The Labute approximate surface area is 120 Å². The minimum absolute atomic E-state index is 0.171. The van der Waals surface area contributed by atoms with Gasteiger partial charge in [-0.1, -0.05) is 6.42 Å². The lowest BCUT2D eigenvalue weighted by atomic mass is 9.85. The molecule has 4 heteroatoms. The van der Waals surface area contributed by atoms with E-state index in [1.54, 1.807) is 7.11 Å². The molecule has 0 bridgehead atoms. The smallest absolute Gasteiger partial charge is 0.227 e. The Morgan fingerprint density at radius 2 is 2.00 bits per heavy atom. The highest BCUT2D eigenvalue weighted by Crippen LogP contribution is 2.28. The highest BCUT2D eigenvalue weighted by molar-refractivity contribution is 5.93. The maximum Gasteiger partial charge on any atom is 0.227 e. The van der Waals surface area contributed by atoms with Crippen LogP contribution in [0.4, 0.5) is 11.4 Å². The molecule has 20 heavy (non-hydrogen) atoms. The Balaban J connectivity index is 1.58. The zero-order valence-electron chi connectivity index (χ0n) is 12.0. The van der Waals surface area contributed by atoms with Gasteiger partial charge in [0.15, 0.2) is 0 Å². The quantitative estimate of drug-likeness (QED) is 0.917. The van der Waals surface area contributed by atoms with E-state index >= 15 is 0 Å². The van der Waals surface area contributed by atoms with E-state index in [-0.39, 0.29) is 11.8 Å². The molecule has 1 amide bonds. The fourth-order valence-corrected chi connectivity index (χ4v) is 2.83. The summed E-state index contributed by atoms with van der Waals surface area (Å²) in [5.74, 6) is 0.403. The van der Waals surface area contributed by atoms with Gasteiger partial charge in [-0.2, -0.15) is 0 Å². The average Bonchev–Trinajstić information content (AvgIpc) is 2.86. The number of carbonyl (C=O) groups is 1. The van der Waals surface area contributed by atoms with E-state index in [2.05, 4.69) is 22.3 Å². The molecule has 1 aliphatic heterocycles. The van der Waals surface area contributed by atoms with Gasteiger partial charge in [-0.05, 0) is 43.5 Å². The van der Waals surface area contributed by atoms with Crippen LogP contribution in [-0.2, 0) is 9.53 Å². The standard InChI is InChI=1S/C16H22N2O2/c1-20-15-9-10-18(11-15)14-7-5-13(6-8-14)17-16(19)12-3-2-4-12/h5-8,12,15H,2-4,9-11H2,1H3,(H,17,19)/t15-/m1/s1. The first-order chi connectivity index (χ1) is 9.76. The van der Waals surface area contributed by atoms with Crippen molar-refractivity contribution >= 4 is 17.3 Å². The molecule has 0 aromatic heterocycles. The van der Waals surface area contributed by atoms with Gasteiger partial charge in [0.05, 0.1) is 6.10 Å². The minimum atomic E-state index is 0.171. The summed E-state index contributed by atoms with van der Waals surface area (Å²) in [6.07, 6.45) is 4.68. The number of methoxy groups -OCH3 is 1. The number of carbonyl (C=O) groups excluding carboxylic acids is 1. The van der Waals surface area contributed by atoms with Gasteiger partial charge in [0.25, 0.3) is 0 Å². The molecule has 2 fully saturated rings. The van der Waals surface area contributed by atoms with Gasteiger partial charge in [-0.3, -0.25) is 4.79 Å². The lowest BCUT2D eigenvalue weighted by Gasteiger charge is -2.24. The lowest BCUT2D eigenvalue weighted by Crippen LogP contribution is -2.28. The molecule has 2 aliphatic rings. The fraction of sp³-hybridized carbons (Fsp3) is 0.562. The summed E-state index contributed by atoms with van der Waals surface area (Å²) in [4.78, 5) is 14.2. The summed E-state index contributed by atoms with van der Waals surface area (Å²) in [7, 11) is 1.77. The molecule has 1 aliphatic carbocycles. The van der Waals surface area contributed by atoms with Crippen molar-refractivity contribution in [1.29, 1.82) is 0 Å². The van der Waals surface area contributed by atoms with Crippen LogP contribution in [-0.4, -0.2) is 32.2 Å². The van der Waals surface area contributed by atoms with Crippen LogP contribution in [0.3, 0.4) is 0 Å². The Hall–Kier alpha value is -1.55. The molecule has 4 nitrogen and oxygen atoms in total. The van der Waals surface area contributed by atoms with E-state index in [0.29, 0.717) is 6.10 Å². The number of rotatable bonds is 4. The highest BCUT2D eigenvalue weighted by Gasteiger charge is 2.25. The number of hydrogen-bond donors (Lipinski definition) is 1. The van der Waals surface area contributed by atoms with E-state index in [1.165, 1.54) is 12.1 Å². The number of anilines is 2. The summed E-state index contributed by atoms with van der Waals surface area (Å²) in [6, 6.07) is 8.14. The van der Waals surface area contributed by atoms with Crippen LogP contribution in [0.15, 0.2) is 24.3 Å². The molecule has 0 spiro atoms. The zero-order valence-corrected chi connectivity index (χ0v) is 12.0. The van der Waals surface area contributed by atoms with Crippen LogP contribution < -0.4 is 10.2 Å². The second-order valence-electron chi connectivity index (χ2n) is 5.76. The van der Waals surface area contributed by atoms with E-state index < -0.39 is 0 Å². The average molecular weight is 274 g/mol. The largest absolute Gasteiger partial charge is 0.380 e. The molecule has 3 rings (SSSR count). The maximum absolute atomic E-state index is 11.9. The van der Waals surface area contributed by atoms with Crippen LogP contribution in [0, 0.1) is 5.92 Å². The predicted octanol–water partition coefficient (Wildman–Crippen LogP) is 2.65. The Morgan fingerprint density at radius 3 is 2.55 bits per heavy atom. The van der Waals surface area contributed by atoms with E-state index in [0.717, 1.165) is 38.0 Å². The third-order valence-corrected chi connectivity index (χ3v) is 4.45. The summed E-state index contributed by atoms with van der Waals surface area (Å²) in [6.45, 7) is 1.98. The summed E-state index contributed by atoms with van der Waals surface area (Å²) in [5.41, 5.74) is 2.10. The Bertz CT molecular complexity index is 468. The summed E-state index contributed by atoms with van der Waals surface area (Å²) in [5, 5.41) is 3.00. The number of amides is 1. The van der Waals surface area contributed by atoms with Crippen molar-refractivity contribution in [1.82, 2.24) is 0 Å². The molecular formula is C16H22N2O2. The molecule has 1 N–H and O–H groups in total. The third kappa shape index (κ3) is 2.80. The van der Waals surface area contributed by atoms with Crippen molar-refractivity contribution in [3.8, 4) is 0 Å². The Morgan fingerprint density at radius 1 is 1.25 bits per heavy atom. The maximum atomic E-state index is 11.9. The second-order valence-corrected chi connectivity index (χ2v) is 5.76. The summed E-state index contributed by atoms with van der Waals surface area (Å²) < 4.78 is 5.39. The first-order valence-electron chi connectivity index (χ1n) is 7.45. The van der Waals surface area contributed by atoms with Gasteiger partial charge in [0.2, 0.25) is 5.91 Å². The van der Waals surface area contributed by atoms with Crippen molar-refractivity contribution in [3.63, 3.8) is 0 Å². The van der Waals surface area contributed by atoms with Crippen LogP contribution in [0.25, 0.3) is 0 Å². The van der Waals surface area contributed by atoms with Crippen LogP contribution in [0.2, 0.25) is 0 Å².